The predicted octanol–water partition coefficient (Wildman–Crippen LogP) is 3.14. The largest absolute Gasteiger partial charge is 0.496 e. The lowest BCUT2D eigenvalue weighted by atomic mass is 10.1. The molecular weight excluding hydrogens is 276 g/mol. The van der Waals surface area contributed by atoms with Crippen molar-refractivity contribution in [1.82, 2.24) is 14.4 Å². The fourth-order valence-electron chi connectivity index (χ4n) is 2.67. The number of rotatable bonds is 2. The minimum Gasteiger partial charge on any atom is -0.496 e. The Hall–Kier alpha value is -3.08. The highest BCUT2D eigenvalue weighted by Gasteiger charge is 2.13. The normalized spacial score (nSPS) is 11.1. The van der Waals surface area contributed by atoms with Gasteiger partial charge < -0.3 is 10.5 Å². The number of hydrogen-bond donors (Lipinski definition) is 1. The molecule has 0 atom stereocenters. The molecule has 2 aromatic heterocycles. The van der Waals surface area contributed by atoms with Gasteiger partial charge in [-0.15, -0.1) is 0 Å². The molecule has 22 heavy (non-hydrogen) atoms. The maximum absolute atomic E-state index is 6.06. The number of imidazole rings is 1. The van der Waals surface area contributed by atoms with E-state index >= 15 is 0 Å². The number of nitrogen functional groups attached to an aromatic ring is 1. The standard InChI is InChI=1S/C17H14N4O/c1-22-15-9-5-2-6-11(15)13-10-21-14-8-4-3-7-12(14)19-16(18)17(21)20-13/h2-10H,1H3,(H2,18,19). The SMILES string of the molecule is COc1ccccc1-c1cn2c(n1)c(N)nc1ccccc12. The van der Waals surface area contributed by atoms with Crippen molar-refractivity contribution in [1.29, 1.82) is 0 Å². The first-order valence-electron chi connectivity index (χ1n) is 6.94. The highest BCUT2D eigenvalue weighted by atomic mass is 16.5. The molecule has 0 saturated carbocycles. The molecule has 2 aromatic carbocycles. The molecule has 4 rings (SSSR count). The van der Waals surface area contributed by atoms with Gasteiger partial charge in [-0.1, -0.05) is 24.3 Å². The zero-order valence-electron chi connectivity index (χ0n) is 12.0. The van der Waals surface area contributed by atoms with Crippen LogP contribution in [0.5, 0.6) is 5.75 Å². The van der Waals surface area contributed by atoms with E-state index in [1.54, 1.807) is 7.11 Å². The second kappa shape index (κ2) is 4.73. The van der Waals surface area contributed by atoms with Crippen molar-refractivity contribution < 1.29 is 4.74 Å². The van der Waals surface area contributed by atoms with Crippen molar-refractivity contribution in [3.63, 3.8) is 0 Å². The summed E-state index contributed by atoms with van der Waals surface area (Å²) in [6.45, 7) is 0. The summed E-state index contributed by atoms with van der Waals surface area (Å²) < 4.78 is 7.39. The fourth-order valence-corrected chi connectivity index (χ4v) is 2.67. The number of fused-ring (bicyclic) bond motifs is 3. The van der Waals surface area contributed by atoms with Gasteiger partial charge in [0.25, 0.3) is 0 Å². The van der Waals surface area contributed by atoms with Gasteiger partial charge in [-0.25, -0.2) is 9.97 Å². The Balaban J connectivity index is 2.05. The van der Waals surface area contributed by atoms with E-state index in [2.05, 4.69) is 9.97 Å². The van der Waals surface area contributed by atoms with E-state index in [0.717, 1.165) is 28.0 Å². The van der Waals surface area contributed by atoms with Crippen molar-refractivity contribution in [2.24, 2.45) is 0 Å². The number of ether oxygens (including phenoxy) is 1. The van der Waals surface area contributed by atoms with Crippen LogP contribution in [0.2, 0.25) is 0 Å². The van der Waals surface area contributed by atoms with Crippen molar-refractivity contribution in [3.8, 4) is 17.0 Å². The minimum atomic E-state index is 0.417. The third-order valence-electron chi connectivity index (χ3n) is 3.70. The molecule has 2 heterocycles. The van der Waals surface area contributed by atoms with Crippen LogP contribution in [0.15, 0.2) is 54.7 Å². The Morgan fingerprint density at radius 3 is 2.64 bits per heavy atom. The number of hydrogen-bond acceptors (Lipinski definition) is 4. The molecule has 5 nitrogen and oxygen atoms in total. The van der Waals surface area contributed by atoms with Gasteiger partial charge in [0.05, 0.1) is 23.8 Å². The average molecular weight is 290 g/mol. The molecule has 0 fully saturated rings. The number of nitrogens with zero attached hydrogens (tertiary/aromatic N) is 3. The first kappa shape index (κ1) is 12.6. The summed E-state index contributed by atoms with van der Waals surface area (Å²) in [5.41, 5.74) is 10.3. The topological polar surface area (TPSA) is 65.4 Å². The zero-order chi connectivity index (χ0) is 15.1. The van der Waals surface area contributed by atoms with Crippen LogP contribution in [-0.2, 0) is 0 Å². The Kier molecular flexibility index (Phi) is 2.72. The highest BCUT2D eigenvalue weighted by molar-refractivity contribution is 5.84. The number of nitrogens with two attached hydrogens (primary N) is 1. The van der Waals surface area contributed by atoms with Crippen LogP contribution in [0.25, 0.3) is 27.9 Å². The average Bonchev–Trinajstić information content (AvgIpc) is 3.01. The second-order valence-electron chi connectivity index (χ2n) is 5.01. The summed E-state index contributed by atoms with van der Waals surface area (Å²) in [6, 6.07) is 15.6. The molecule has 2 N–H and O–H groups in total. The number of methoxy groups -OCH3 is 1. The molecule has 108 valence electrons. The molecule has 0 aliphatic carbocycles. The first-order chi connectivity index (χ1) is 10.8. The lowest BCUT2D eigenvalue weighted by Gasteiger charge is -2.04. The van der Waals surface area contributed by atoms with Gasteiger partial charge in [0.1, 0.15) is 5.75 Å². The van der Waals surface area contributed by atoms with Crippen molar-refractivity contribution in [3.05, 3.63) is 54.7 Å². The molecule has 0 amide bonds. The van der Waals surface area contributed by atoms with Crippen LogP contribution in [0.1, 0.15) is 0 Å². The molecule has 0 aliphatic rings. The van der Waals surface area contributed by atoms with E-state index in [1.807, 2.05) is 59.1 Å². The maximum atomic E-state index is 6.06. The van der Waals surface area contributed by atoms with Crippen molar-refractivity contribution >= 4 is 22.5 Å². The molecule has 0 spiro atoms. The monoisotopic (exact) mass is 290 g/mol. The fraction of sp³-hybridized carbons (Fsp3) is 0.0588. The van der Waals surface area contributed by atoms with Crippen molar-refractivity contribution in [2.45, 2.75) is 0 Å². The number of anilines is 1. The Labute approximate surface area is 127 Å². The molecule has 0 bridgehead atoms. The maximum Gasteiger partial charge on any atom is 0.180 e. The van der Waals surface area contributed by atoms with Gasteiger partial charge in [-0.05, 0) is 24.3 Å². The van der Waals surface area contributed by atoms with Crippen LogP contribution in [0, 0.1) is 0 Å². The first-order valence-corrected chi connectivity index (χ1v) is 6.94. The summed E-state index contributed by atoms with van der Waals surface area (Å²) in [7, 11) is 1.65. The third kappa shape index (κ3) is 1.79. The highest BCUT2D eigenvalue weighted by Crippen LogP contribution is 2.30. The summed E-state index contributed by atoms with van der Waals surface area (Å²) >= 11 is 0. The summed E-state index contributed by atoms with van der Waals surface area (Å²) in [5.74, 6) is 1.20. The summed E-state index contributed by atoms with van der Waals surface area (Å²) in [5, 5.41) is 0. The zero-order valence-corrected chi connectivity index (χ0v) is 12.0. The van der Waals surface area contributed by atoms with Crippen LogP contribution < -0.4 is 10.5 Å². The lowest BCUT2D eigenvalue weighted by molar-refractivity contribution is 0.416. The molecule has 0 saturated heterocycles. The number of benzene rings is 2. The van der Waals surface area contributed by atoms with Gasteiger partial charge in [0.2, 0.25) is 0 Å². The van der Waals surface area contributed by atoms with E-state index < -0.39 is 0 Å². The number of aromatic nitrogens is 3. The van der Waals surface area contributed by atoms with E-state index in [0.29, 0.717) is 11.5 Å². The Bertz CT molecular complexity index is 990. The van der Waals surface area contributed by atoms with Gasteiger partial charge in [-0.2, -0.15) is 0 Å². The van der Waals surface area contributed by atoms with Gasteiger partial charge in [0, 0.05) is 11.8 Å². The van der Waals surface area contributed by atoms with E-state index in [4.69, 9.17) is 10.5 Å². The summed E-state index contributed by atoms with van der Waals surface area (Å²) in [4.78, 5) is 9.05. The Morgan fingerprint density at radius 1 is 1.00 bits per heavy atom. The van der Waals surface area contributed by atoms with Crippen LogP contribution >= 0.6 is 0 Å². The van der Waals surface area contributed by atoms with Gasteiger partial charge in [0.15, 0.2) is 11.5 Å². The number of para-hydroxylation sites is 3. The van der Waals surface area contributed by atoms with E-state index in [-0.39, 0.29) is 0 Å². The van der Waals surface area contributed by atoms with Gasteiger partial charge >= 0.3 is 0 Å². The van der Waals surface area contributed by atoms with Crippen LogP contribution in [0.3, 0.4) is 0 Å². The molecule has 4 aromatic rings. The van der Waals surface area contributed by atoms with Crippen LogP contribution in [0.4, 0.5) is 5.82 Å². The minimum absolute atomic E-state index is 0.417. The molecule has 0 radical (unpaired) electrons. The predicted molar refractivity (Wildman–Crippen MR) is 86.9 cm³/mol. The Morgan fingerprint density at radius 2 is 1.77 bits per heavy atom. The van der Waals surface area contributed by atoms with Crippen molar-refractivity contribution in [2.75, 3.05) is 12.8 Å². The third-order valence-corrected chi connectivity index (χ3v) is 3.70. The molecular formula is C17H14N4O. The smallest absolute Gasteiger partial charge is 0.180 e. The van der Waals surface area contributed by atoms with Gasteiger partial charge in [-0.3, -0.25) is 4.40 Å². The lowest BCUT2D eigenvalue weighted by Crippen LogP contribution is -1.97. The van der Waals surface area contributed by atoms with E-state index in [9.17, 15) is 0 Å². The molecule has 0 aliphatic heterocycles. The molecule has 5 heteroatoms. The van der Waals surface area contributed by atoms with E-state index in [1.165, 1.54) is 0 Å². The summed E-state index contributed by atoms with van der Waals surface area (Å²) in [6.07, 6.45) is 1.97. The van der Waals surface area contributed by atoms with Crippen LogP contribution in [-0.4, -0.2) is 21.5 Å². The second-order valence-corrected chi connectivity index (χ2v) is 5.01. The molecule has 0 unspecified atom stereocenters. The quantitative estimate of drug-likeness (QED) is 0.616.